The summed E-state index contributed by atoms with van der Waals surface area (Å²) in [6, 6.07) is 0. The average molecular weight is 274 g/mol. The number of hydrogen-bond acceptors (Lipinski definition) is 10. The topological polar surface area (TPSA) is 136 Å². The summed E-state index contributed by atoms with van der Waals surface area (Å²) in [5, 5.41) is 32.7. The van der Waals surface area contributed by atoms with Gasteiger partial charge in [-0.15, -0.1) is 0 Å². The molecule has 0 aliphatic carbocycles. The van der Waals surface area contributed by atoms with E-state index >= 15 is 0 Å². The van der Waals surface area contributed by atoms with Gasteiger partial charge in [-0.1, -0.05) is 0 Å². The first-order valence-electron chi connectivity index (χ1n) is 5.23. The number of rotatable bonds is 13. The van der Waals surface area contributed by atoms with Crippen LogP contribution in [0.5, 0.6) is 0 Å². The zero-order valence-corrected chi connectivity index (χ0v) is 9.64. The third-order valence-electron chi connectivity index (χ3n) is 1.89. The summed E-state index contributed by atoms with van der Waals surface area (Å²) in [6.45, 7) is 0.416. The van der Waals surface area contributed by atoms with E-state index in [1.807, 2.05) is 0 Å². The minimum Gasteiger partial charge on any atom is -0.249 e. The molecule has 0 saturated heterocycles. The molecule has 0 saturated carbocycles. The highest BCUT2D eigenvalue weighted by atomic mass is 17.2. The van der Waals surface area contributed by atoms with Gasteiger partial charge in [-0.25, -0.2) is 50.4 Å². The number of hydrogen-bond donors (Lipinski definition) is 4. The van der Waals surface area contributed by atoms with Gasteiger partial charge < -0.3 is 0 Å². The van der Waals surface area contributed by atoms with Gasteiger partial charge in [0, 0.05) is 12.8 Å². The van der Waals surface area contributed by atoms with Crippen molar-refractivity contribution in [3.05, 3.63) is 0 Å². The van der Waals surface area contributed by atoms with Gasteiger partial charge in [0.15, 0.2) is 0 Å². The molecule has 0 rings (SSSR count). The van der Waals surface area contributed by atoms with Crippen LogP contribution in [0, 0.1) is 0 Å². The lowest BCUT2D eigenvalue weighted by atomic mass is 10.3. The Balaban J connectivity index is 3.21. The van der Waals surface area contributed by atoms with Crippen LogP contribution in [0.2, 0.25) is 0 Å². The Hall–Kier alpha value is -0.400. The van der Waals surface area contributed by atoms with Crippen LogP contribution in [0.25, 0.3) is 0 Å². The standard InChI is InChI=1S/C8H18O10/c9-15-7(16-10)3-1-5-13-14-6-2-4-8(17-11)18-12/h7-12H,1-6H2. The lowest BCUT2D eigenvalue weighted by Gasteiger charge is -2.10. The maximum absolute atomic E-state index is 8.18. The Morgan fingerprint density at radius 3 is 1.22 bits per heavy atom. The van der Waals surface area contributed by atoms with Gasteiger partial charge in [-0.2, -0.15) is 0 Å². The van der Waals surface area contributed by atoms with E-state index in [9.17, 15) is 0 Å². The fourth-order valence-corrected chi connectivity index (χ4v) is 0.985. The van der Waals surface area contributed by atoms with Crippen molar-refractivity contribution in [3.8, 4) is 0 Å². The zero-order chi connectivity index (χ0) is 13.6. The van der Waals surface area contributed by atoms with Gasteiger partial charge in [0.2, 0.25) is 12.6 Å². The fourth-order valence-electron chi connectivity index (χ4n) is 0.985. The molecule has 0 radical (unpaired) electrons. The Kier molecular flexibility index (Phi) is 12.8. The second kappa shape index (κ2) is 13.0. The highest BCUT2D eigenvalue weighted by molar-refractivity contribution is 4.42. The van der Waals surface area contributed by atoms with Crippen molar-refractivity contribution in [2.24, 2.45) is 0 Å². The first-order valence-corrected chi connectivity index (χ1v) is 5.23. The SMILES string of the molecule is OOC(CCCOOCCCC(OO)OO)OO. The molecule has 0 unspecified atom stereocenters. The van der Waals surface area contributed by atoms with Crippen molar-refractivity contribution in [1.29, 1.82) is 0 Å². The minimum absolute atomic E-state index is 0.208. The molecular formula is C8H18O10. The van der Waals surface area contributed by atoms with Crippen LogP contribution >= 0.6 is 0 Å². The predicted octanol–water partition coefficient (Wildman–Crippen LogP) is 1.11. The largest absolute Gasteiger partial charge is 0.249 e. The molecule has 0 bridgehead atoms. The Morgan fingerprint density at radius 2 is 0.944 bits per heavy atom. The Morgan fingerprint density at radius 1 is 0.611 bits per heavy atom. The molecule has 10 nitrogen and oxygen atoms in total. The van der Waals surface area contributed by atoms with E-state index < -0.39 is 12.6 Å². The fraction of sp³-hybridized carbons (Fsp3) is 1.00. The highest BCUT2D eigenvalue weighted by Crippen LogP contribution is 2.03. The summed E-state index contributed by atoms with van der Waals surface area (Å²) < 4.78 is 0. The molecule has 4 N–H and O–H groups in total. The van der Waals surface area contributed by atoms with Crippen molar-refractivity contribution >= 4 is 0 Å². The zero-order valence-electron chi connectivity index (χ0n) is 9.64. The molecule has 0 aliphatic heterocycles. The van der Waals surface area contributed by atoms with Crippen molar-refractivity contribution in [3.63, 3.8) is 0 Å². The third-order valence-corrected chi connectivity index (χ3v) is 1.89. The molecule has 0 aromatic rings. The Bertz CT molecular complexity index is 142. The molecule has 0 aliphatic rings. The van der Waals surface area contributed by atoms with E-state index in [2.05, 4.69) is 19.6 Å². The quantitative estimate of drug-likeness (QED) is 0.167. The summed E-state index contributed by atoms with van der Waals surface area (Å²) in [4.78, 5) is 24.5. The van der Waals surface area contributed by atoms with Gasteiger partial charge >= 0.3 is 0 Å². The molecule has 18 heavy (non-hydrogen) atoms. The summed E-state index contributed by atoms with van der Waals surface area (Å²) in [5.41, 5.74) is 0. The van der Waals surface area contributed by atoms with Crippen LogP contribution in [0.15, 0.2) is 0 Å². The smallest absolute Gasteiger partial charge is 0.223 e. The van der Waals surface area contributed by atoms with Crippen LogP contribution in [0.4, 0.5) is 0 Å². The van der Waals surface area contributed by atoms with E-state index in [0.717, 1.165) is 0 Å². The first kappa shape index (κ1) is 17.6. The summed E-state index contributed by atoms with van der Waals surface area (Å²) >= 11 is 0. The van der Waals surface area contributed by atoms with Gasteiger partial charge in [0.1, 0.15) is 0 Å². The maximum atomic E-state index is 8.18. The van der Waals surface area contributed by atoms with Crippen molar-refractivity contribution < 1.29 is 50.4 Å². The van der Waals surface area contributed by atoms with E-state index in [0.29, 0.717) is 12.8 Å². The van der Waals surface area contributed by atoms with Crippen LogP contribution in [0.3, 0.4) is 0 Å². The molecule has 10 heteroatoms. The summed E-state index contributed by atoms with van der Waals surface area (Å²) in [5.74, 6) is 0. The second-order valence-corrected chi connectivity index (χ2v) is 3.21. The molecular weight excluding hydrogens is 256 g/mol. The monoisotopic (exact) mass is 274 g/mol. The maximum Gasteiger partial charge on any atom is 0.223 e. The van der Waals surface area contributed by atoms with Crippen LogP contribution in [-0.4, -0.2) is 46.8 Å². The van der Waals surface area contributed by atoms with E-state index in [-0.39, 0.29) is 26.1 Å². The minimum atomic E-state index is -1.11. The summed E-state index contributed by atoms with van der Waals surface area (Å²) in [6.07, 6.45) is -0.943. The summed E-state index contributed by atoms with van der Waals surface area (Å²) in [7, 11) is 0. The molecule has 0 fully saturated rings. The first-order chi connectivity index (χ1) is 8.78. The van der Waals surface area contributed by atoms with Gasteiger partial charge in [-0.3, -0.25) is 0 Å². The molecule has 0 spiro atoms. The van der Waals surface area contributed by atoms with Crippen molar-refractivity contribution in [2.75, 3.05) is 13.2 Å². The van der Waals surface area contributed by atoms with E-state index in [1.54, 1.807) is 0 Å². The normalized spacial score (nSPS) is 11.7. The molecule has 0 atom stereocenters. The Labute approximate surface area is 103 Å². The molecule has 0 heterocycles. The van der Waals surface area contributed by atoms with Crippen molar-refractivity contribution in [2.45, 2.75) is 38.3 Å². The lowest BCUT2D eigenvalue weighted by molar-refractivity contribution is -0.434. The van der Waals surface area contributed by atoms with E-state index in [4.69, 9.17) is 30.8 Å². The lowest BCUT2D eigenvalue weighted by Crippen LogP contribution is -2.15. The van der Waals surface area contributed by atoms with Crippen molar-refractivity contribution in [1.82, 2.24) is 0 Å². The highest BCUT2D eigenvalue weighted by Gasteiger charge is 2.09. The average Bonchev–Trinajstić information content (AvgIpc) is 2.41. The molecule has 0 amide bonds. The third kappa shape index (κ3) is 9.61. The molecule has 0 aromatic heterocycles. The van der Waals surface area contributed by atoms with Crippen LogP contribution in [-0.2, 0) is 29.3 Å². The second-order valence-electron chi connectivity index (χ2n) is 3.21. The van der Waals surface area contributed by atoms with Crippen LogP contribution < -0.4 is 0 Å². The van der Waals surface area contributed by atoms with Gasteiger partial charge in [0.05, 0.1) is 13.2 Å². The van der Waals surface area contributed by atoms with E-state index in [1.165, 1.54) is 0 Å². The predicted molar refractivity (Wildman–Crippen MR) is 52.8 cm³/mol. The molecule has 0 aromatic carbocycles. The molecule has 110 valence electrons. The van der Waals surface area contributed by atoms with Gasteiger partial charge in [0.25, 0.3) is 0 Å². The van der Waals surface area contributed by atoms with Gasteiger partial charge in [-0.05, 0) is 12.8 Å². The van der Waals surface area contributed by atoms with Crippen LogP contribution in [0.1, 0.15) is 25.7 Å².